The molecule has 0 saturated carbocycles. The number of aliphatic hydroxyl groups excluding tert-OH is 1. The van der Waals surface area contributed by atoms with Crippen molar-refractivity contribution in [3.63, 3.8) is 0 Å². The second-order valence-corrected chi connectivity index (χ2v) is 7.12. The van der Waals surface area contributed by atoms with Crippen LogP contribution < -0.4 is 9.47 Å². The van der Waals surface area contributed by atoms with E-state index in [1.165, 1.54) is 0 Å². The quantitative estimate of drug-likeness (QED) is 0.507. The summed E-state index contributed by atoms with van der Waals surface area (Å²) in [7, 11) is 5.13. The highest BCUT2D eigenvalue weighted by Gasteiger charge is 2.17. The Kier molecular flexibility index (Phi) is 5.63. The molecule has 2 aromatic heterocycles. The van der Waals surface area contributed by atoms with E-state index in [1.807, 2.05) is 49.6 Å². The number of aromatic nitrogens is 4. The lowest BCUT2D eigenvalue weighted by atomic mass is 9.88. The number of methoxy groups -OCH3 is 2. The minimum Gasteiger partial charge on any atom is -0.497 e. The lowest BCUT2D eigenvalue weighted by molar-refractivity contribution is 0.281. The highest BCUT2D eigenvalue weighted by molar-refractivity contribution is 5.78. The van der Waals surface area contributed by atoms with Gasteiger partial charge in [-0.15, -0.1) is 0 Å². The summed E-state index contributed by atoms with van der Waals surface area (Å²) in [6.45, 7) is 0.0592. The fourth-order valence-electron chi connectivity index (χ4n) is 3.62. The minimum atomic E-state index is -0.0350. The van der Waals surface area contributed by atoms with E-state index in [2.05, 4.69) is 10.1 Å². The Hall–Kier alpha value is -3.45. The first kappa shape index (κ1) is 19.8. The van der Waals surface area contributed by atoms with Crippen molar-refractivity contribution in [3.05, 3.63) is 66.1 Å². The molecule has 1 N–H and O–H groups in total. The van der Waals surface area contributed by atoms with Crippen molar-refractivity contribution in [2.75, 3.05) is 20.8 Å². The average molecular weight is 404 g/mol. The van der Waals surface area contributed by atoms with Gasteiger partial charge in [-0.25, -0.2) is 4.98 Å². The van der Waals surface area contributed by atoms with Crippen LogP contribution in [0, 0.1) is 0 Å². The fourth-order valence-corrected chi connectivity index (χ4v) is 3.62. The van der Waals surface area contributed by atoms with Gasteiger partial charge < -0.3 is 14.6 Å². The van der Waals surface area contributed by atoms with Crippen molar-refractivity contribution < 1.29 is 14.6 Å². The number of ether oxygens (including phenoxy) is 2. The summed E-state index contributed by atoms with van der Waals surface area (Å²) in [5.41, 5.74) is 5.36. The number of hydrogen-bond acceptors (Lipinski definition) is 6. The van der Waals surface area contributed by atoms with Gasteiger partial charge in [-0.1, -0.05) is 6.07 Å². The zero-order chi connectivity index (χ0) is 21.1. The van der Waals surface area contributed by atoms with Crippen LogP contribution in [0.1, 0.15) is 23.5 Å². The van der Waals surface area contributed by atoms with E-state index in [-0.39, 0.29) is 12.5 Å². The second kappa shape index (κ2) is 8.51. The number of fused-ring (bicyclic) bond motifs is 1. The van der Waals surface area contributed by atoms with Crippen LogP contribution in [0.15, 0.2) is 55.0 Å². The summed E-state index contributed by atoms with van der Waals surface area (Å²) in [6.07, 6.45) is 6.02. The van der Waals surface area contributed by atoms with Crippen molar-refractivity contribution in [2.45, 2.75) is 12.3 Å². The summed E-state index contributed by atoms with van der Waals surface area (Å²) in [6, 6.07) is 11.8. The van der Waals surface area contributed by atoms with E-state index in [9.17, 15) is 5.11 Å². The SMILES string of the molecule is COc1cc(OC)cc(C(CCO)c2ccc3ncc(-c4cnn(C)c4)nc3c2)c1. The summed E-state index contributed by atoms with van der Waals surface area (Å²) in [5, 5.41) is 13.9. The van der Waals surface area contributed by atoms with Gasteiger partial charge >= 0.3 is 0 Å². The molecule has 4 rings (SSSR count). The third kappa shape index (κ3) is 3.97. The first-order valence-corrected chi connectivity index (χ1v) is 9.71. The molecular formula is C23H24N4O3. The normalized spacial score (nSPS) is 12.1. The average Bonchev–Trinajstić information content (AvgIpc) is 3.22. The van der Waals surface area contributed by atoms with Crippen LogP contribution in [0.2, 0.25) is 0 Å². The standard InChI is InChI=1S/C23H24N4O3/c1-27-14-17(12-25-27)23-13-24-21-5-4-15(10-22(21)26-23)20(6-7-28)16-8-18(29-2)11-19(9-16)30-3/h4-5,8-14,20,28H,6-7H2,1-3H3. The molecular weight excluding hydrogens is 380 g/mol. The Morgan fingerprint density at radius 3 is 2.37 bits per heavy atom. The highest BCUT2D eigenvalue weighted by atomic mass is 16.5. The molecule has 0 aliphatic heterocycles. The van der Waals surface area contributed by atoms with Gasteiger partial charge in [0.1, 0.15) is 11.5 Å². The van der Waals surface area contributed by atoms with E-state index < -0.39 is 0 Å². The van der Waals surface area contributed by atoms with Crippen molar-refractivity contribution in [1.82, 2.24) is 19.7 Å². The minimum absolute atomic E-state index is 0.0350. The van der Waals surface area contributed by atoms with Gasteiger partial charge in [-0.2, -0.15) is 5.10 Å². The molecule has 0 fully saturated rings. The van der Waals surface area contributed by atoms with Gasteiger partial charge in [-0.3, -0.25) is 9.67 Å². The van der Waals surface area contributed by atoms with Gasteiger partial charge in [0.05, 0.1) is 43.3 Å². The van der Waals surface area contributed by atoms with E-state index >= 15 is 0 Å². The predicted octanol–water partition coefficient (Wildman–Crippen LogP) is 3.56. The van der Waals surface area contributed by atoms with Gasteiger partial charge in [0.15, 0.2) is 0 Å². The maximum absolute atomic E-state index is 9.72. The van der Waals surface area contributed by atoms with Crippen LogP contribution in [0.5, 0.6) is 11.5 Å². The Bertz CT molecular complexity index is 1150. The molecule has 0 saturated heterocycles. The maximum atomic E-state index is 9.72. The van der Waals surface area contributed by atoms with Crippen LogP contribution in [0.4, 0.5) is 0 Å². The predicted molar refractivity (Wildman–Crippen MR) is 115 cm³/mol. The largest absolute Gasteiger partial charge is 0.497 e. The van der Waals surface area contributed by atoms with Crippen molar-refractivity contribution >= 4 is 11.0 Å². The molecule has 0 spiro atoms. The van der Waals surface area contributed by atoms with Crippen LogP contribution in [-0.4, -0.2) is 45.7 Å². The number of aliphatic hydroxyl groups is 1. The first-order valence-electron chi connectivity index (χ1n) is 9.71. The monoisotopic (exact) mass is 404 g/mol. The van der Waals surface area contributed by atoms with E-state index in [4.69, 9.17) is 14.5 Å². The molecule has 154 valence electrons. The van der Waals surface area contributed by atoms with Gasteiger partial charge in [0, 0.05) is 37.4 Å². The van der Waals surface area contributed by atoms with Gasteiger partial charge in [0.2, 0.25) is 0 Å². The summed E-state index contributed by atoms with van der Waals surface area (Å²) < 4.78 is 12.6. The molecule has 4 aromatic rings. The van der Waals surface area contributed by atoms with Crippen LogP contribution in [0.25, 0.3) is 22.3 Å². The fraction of sp³-hybridized carbons (Fsp3) is 0.261. The van der Waals surface area contributed by atoms with E-state index in [0.717, 1.165) is 33.4 Å². The van der Waals surface area contributed by atoms with Gasteiger partial charge in [-0.05, 0) is 41.8 Å². The van der Waals surface area contributed by atoms with E-state index in [0.29, 0.717) is 17.9 Å². The molecule has 0 bridgehead atoms. The summed E-state index contributed by atoms with van der Waals surface area (Å²) >= 11 is 0. The van der Waals surface area contributed by atoms with Crippen LogP contribution in [-0.2, 0) is 7.05 Å². The zero-order valence-corrected chi connectivity index (χ0v) is 17.2. The highest BCUT2D eigenvalue weighted by Crippen LogP contribution is 2.34. The number of nitrogens with zero attached hydrogens (tertiary/aromatic N) is 4. The lowest BCUT2D eigenvalue weighted by Gasteiger charge is -2.19. The van der Waals surface area contributed by atoms with Crippen LogP contribution >= 0.6 is 0 Å². The molecule has 2 heterocycles. The molecule has 30 heavy (non-hydrogen) atoms. The summed E-state index contributed by atoms with van der Waals surface area (Å²) in [5.74, 6) is 1.39. The zero-order valence-electron chi connectivity index (χ0n) is 17.2. The second-order valence-electron chi connectivity index (χ2n) is 7.12. The van der Waals surface area contributed by atoms with Crippen molar-refractivity contribution in [3.8, 4) is 22.8 Å². The Labute approximate surface area is 174 Å². The first-order chi connectivity index (χ1) is 14.6. The molecule has 1 unspecified atom stereocenters. The Balaban J connectivity index is 1.78. The maximum Gasteiger partial charge on any atom is 0.122 e. The molecule has 0 amide bonds. The number of benzene rings is 2. The number of aryl methyl sites for hydroxylation is 1. The molecule has 1 atom stereocenters. The Morgan fingerprint density at radius 1 is 0.967 bits per heavy atom. The molecule has 7 nitrogen and oxygen atoms in total. The van der Waals surface area contributed by atoms with Crippen molar-refractivity contribution in [2.24, 2.45) is 7.05 Å². The Morgan fingerprint density at radius 2 is 1.73 bits per heavy atom. The van der Waals surface area contributed by atoms with Crippen molar-refractivity contribution in [1.29, 1.82) is 0 Å². The third-order valence-corrected chi connectivity index (χ3v) is 5.16. The smallest absolute Gasteiger partial charge is 0.122 e. The molecule has 0 aliphatic carbocycles. The van der Waals surface area contributed by atoms with Crippen LogP contribution in [0.3, 0.4) is 0 Å². The topological polar surface area (TPSA) is 82.3 Å². The molecule has 0 aliphatic rings. The number of hydrogen-bond donors (Lipinski definition) is 1. The van der Waals surface area contributed by atoms with Gasteiger partial charge in [0.25, 0.3) is 0 Å². The van der Waals surface area contributed by atoms with E-state index in [1.54, 1.807) is 31.3 Å². The summed E-state index contributed by atoms with van der Waals surface area (Å²) in [4.78, 5) is 9.35. The molecule has 7 heteroatoms. The molecule has 2 aromatic carbocycles. The third-order valence-electron chi connectivity index (χ3n) is 5.16. The number of rotatable bonds is 7. The lowest BCUT2D eigenvalue weighted by Crippen LogP contribution is -2.05. The molecule has 0 radical (unpaired) electrons.